The van der Waals surface area contributed by atoms with E-state index in [-0.39, 0.29) is 0 Å². The lowest BCUT2D eigenvalue weighted by Crippen LogP contribution is -2.23. The van der Waals surface area contributed by atoms with Crippen LogP contribution >= 0.6 is 0 Å². The first-order chi connectivity index (χ1) is 9.08. The predicted molar refractivity (Wildman–Crippen MR) is 80.3 cm³/mol. The lowest BCUT2D eigenvalue weighted by Gasteiger charge is -2.09. The average molecular weight is 257 g/mol. The highest BCUT2D eigenvalue weighted by Crippen LogP contribution is 2.30. The van der Waals surface area contributed by atoms with Gasteiger partial charge in [0.2, 0.25) is 0 Å². The van der Waals surface area contributed by atoms with E-state index in [9.17, 15) is 0 Å². The molecule has 1 aromatic heterocycles. The summed E-state index contributed by atoms with van der Waals surface area (Å²) in [5, 5.41) is 4.76. The molecule has 0 bridgehead atoms. The van der Waals surface area contributed by atoms with Gasteiger partial charge in [-0.2, -0.15) is 0 Å². The quantitative estimate of drug-likeness (QED) is 0.910. The van der Waals surface area contributed by atoms with Gasteiger partial charge in [-0.25, -0.2) is 0 Å². The predicted octanol–water partition coefficient (Wildman–Crippen LogP) is 2.27. The summed E-state index contributed by atoms with van der Waals surface area (Å²) in [7, 11) is 6.37. The van der Waals surface area contributed by atoms with Crippen LogP contribution < -0.4 is 5.32 Å². The van der Waals surface area contributed by atoms with Crippen LogP contribution in [0.1, 0.15) is 23.6 Å². The Morgan fingerprint density at radius 3 is 2.58 bits per heavy atom. The van der Waals surface area contributed by atoms with Crippen LogP contribution in [0.5, 0.6) is 0 Å². The molecule has 2 heterocycles. The first-order valence-corrected chi connectivity index (χ1v) is 7.04. The SMILES string of the molecule is CNC(C)Cc1cn(C)c2cc3c(cc12)CN(C)C3. The van der Waals surface area contributed by atoms with E-state index in [1.165, 1.54) is 27.6 Å². The Kier molecular flexibility index (Phi) is 3.11. The second kappa shape index (κ2) is 4.66. The smallest absolute Gasteiger partial charge is 0.0484 e. The van der Waals surface area contributed by atoms with Gasteiger partial charge in [-0.1, -0.05) is 0 Å². The molecule has 3 rings (SSSR count). The van der Waals surface area contributed by atoms with Gasteiger partial charge in [-0.05, 0) is 56.3 Å². The molecular weight excluding hydrogens is 234 g/mol. The van der Waals surface area contributed by atoms with E-state index in [0.29, 0.717) is 6.04 Å². The number of rotatable bonds is 3. The molecule has 102 valence electrons. The summed E-state index contributed by atoms with van der Waals surface area (Å²) in [5.41, 5.74) is 5.81. The monoisotopic (exact) mass is 257 g/mol. The maximum atomic E-state index is 3.33. The molecule has 1 aromatic carbocycles. The van der Waals surface area contributed by atoms with Crippen LogP contribution in [0.15, 0.2) is 18.3 Å². The standard InChI is InChI=1S/C16H23N3/c1-11(17-2)5-14-10-19(4)16-7-13-9-18(3)8-12(13)6-15(14)16/h6-7,10-11,17H,5,8-9H2,1-4H3. The highest BCUT2D eigenvalue weighted by Gasteiger charge is 2.18. The number of benzene rings is 1. The van der Waals surface area contributed by atoms with Gasteiger partial charge in [0.05, 0.1) is 0 Å². The fourth-order valence-electron chi connectivity index (χ4n) is 3.12. The third-order valence-corrected chi connectivity index (χ3v) is 4.29. The van der Waals surface area contributed by atoms with E-state index in [1.807, 2.05) is 7.05 Å². The van der Waals surface area contributed by atoms with Crippen LogP contribution in [0.4, 0.5) is 0 Å². The van der Waals surface area contributed by atoms with Crippen LogP contribution in [-0.2, 0) is 26.6 Å². The van der Waals surface area contributed by atoms with E-state index < -0.39 is 0 Å². The Balaban J connectivity index is 2.08. The van der Waals surface area contributed by atoms with Gasteiger partial charge in [0.25, 0.3) is 0 Å². The summed E-state index contributed by atoms with van der Waals surface area (Å²) in [6, 6.07) is 5.30. The average Bonchev–Trinajstić information content (AvgIpc) is 2.87. The summed E-state index contributed by atoms with van der Waals surface area (Å²) in [6.07, 6.45) is 3.37. The highest BCUT2D eigenvalue weighted by molar-refractivity contribution is 5.86. The topological polar surface area (TPSA) is 20.2 Å². The molecule has 0 radical (unpaired) electrons. The molecule has 1 aliphatic rings. The Morgan fingerprint density at radius 1 is 1.21 bits per heavy atom. The summed E-state index contributed by atoms with van der Waals surface area (Å²) in [5.74, 6) is 0. The van der Waals surface area contributed by atoms with E-state index in [0.717, 1.165) is 19.5 Å². The number of nitrogens with one attached hydrogen (secondary N) is 1. The van der Waals surface area contributed by atoms with Gasteiger partial charge in [-0.15, -0.1) is 0 Å². The molecule has 0 spiro atoms. The molecule has 0 aliphatic carbocycles. The van der Waals surface area contributed by atoms with Gasteiger partial charge in [0.15, 0.2) is 0 Å². The van der Waals surface area contributed by atoms with Crippen molar-refractivity contribution in [3.05, 3.63) is 35.0 Å². The van der Waals surface area contributed by atoms with Gasteiger partial charge in [0, 0.05) is 43.3 Å². The van der Waals surface area contributed by atoms with E-state index in [1.54, 1.807) is 0 Å². The zero-order valence-electron chi connectivity index (χ0n) is 12.3. The fourth-order valence-corrected chi connectivity index (χ4v) is 3.12. The molecule has 0 saturated heterocycles. The molecule has 0 amide bonds. The Morgan fingerprint density at radius 2 is 1.89 bits per heavy atom. The van der Waals surface area contributed by atoms with Crippen molar-refractivity contribution in [3.8, 4) is 0 Å². The molecule has 1 N–H and O–H groups in total. The Bertz CT molecular complexity index is 612. The first kappa shape index (κ1) is 12.7. The number of aromatic nitrogens is 1. The molecule has 1 aliphatic heterocycles. The molecule has 0 fully saturated rings. The number of hydrogen-bond donors (Lipinski definition) is 1. The lowest BCUT2D eigenvalue weighted by molar-refractivity contribution is 0.353. The highest BCUT2D eigenvalue weighted by atomic mass is 15.1. The fraction of sp³-hybridized carbons (Fsp3) is 0.500. The third-order valence-electron chi connectivity index (χ3n) is 4.29. The maximum absolute atomic E-state index is 3.33. The van der Waals surface area contributed by atoms with E-state index in [2.05, 4.69) is 54.1 Å². The van der Waals surface area contributed by atoms with E-state index in [4.69, 9.17) is 0 Å². The normalized spacial score (nSPS) is 17.1. The summed E-state index contributed by atoms with van der Waals surface area (Å²) >= 11 is 0. The number of fused-ring (bicyclic) bond motifs is 2. The van der Waals surface area contributed by atoms with Gasteiger partial charge < -0.3 is 9.88 Å². The van der Waals surface area contributed by atoms with Crippen molar-refractivity contribution < 1.29 is 0 Å². The molecule has 19 heavy (non-hydrogen) atoms. The Labute approximate surface area is 115 Å². The van der Waals surface area contributed by atoms with Crippen molar-refractivity contribution in [1.29, 1.82) is 0 Å². The molecular formula is C16H23N3. The summed E-state index contributed by atoms with van der Waals surface area (Å²) in [6.45, 7) is 4.40. The van der Waals surface area contributed by atoms with Crippen LogP contribution in [0.25, 0.3) is 10.9 Å². The van der Waals surface area contributed by atoms with Crippen molar-refractivity contribution >= 4 is 10.9 Å². The largest absolute Gasteiger partial charge is 0.350 e. The molecule has 1 unspecified atom stereocenters. The minimum atomic E-state index is 0.515. The molecule has 0 saturated carbocycles. The van der Waals surface area contributed by atoms with Crippen LogP contribution in [0.2, 0.25) is 0 Å². The summed E-state index contributed by atoms with van der Waals surface area (Å²) in [4.78, 5) is 2.37. The number of likely N-dealkylation sites (N-methyl/N-ethyl adjacent to an activating group) is 1. The van der Waals surface area contributed by atoms with Crippen LogP contribution in [0, 0.1) is 0 Å². The number of aryl methyl sites for hydroxylation is 1. The van der Waals surface area contributed by atoms with Crippen LogP contribution in [0.3, 0.4) is 0 Å². The second-order valence-corrected chi connectivity index (χ2v) is 5.97. The van der Waals surface area contributed by atoms with Gasteiger partial charge in [-0.3, -0.25) is 4.90 Å². The van der Waals surface area contributed by atoms with Crippen molar-refractivity contribution in [2.75, 3.05) is 14.1 Å². The van der Waals surface area contributed by atoms with Crippen molar-refractivity contribution in [3.63, 3.8) is 0 Å². The first-order valence-electron chi connectivity index (χ1n) is 7.04. The molecule has 2 aromatic rings. The molecule has 1 atom stereocenters. The minimum Gasteiger partial charge on any atom is -0.350 e. The zero-order chi connectivity index (χ0) is 13.6. The molecule has 3 nitrogen and oxygen atoms in total. The minimum absolute atomic E-state index is 0.515. The lowest BCUT2D eigenvalue weighted by atomic mass is 10.0. The third kappa shape index (κ3) is 2.17. The zero-order valence-corrected chi connectivity index (χ0v) is 12.3. The number of nitrogens with zero attached hydrogens (tertiary/aromatic N) is 2. The van der Waals surface area contributed by atoms with E-state index >= 15 is 0 Å². The van der Waals surface area contributed by atoms with Gasteiger partial charge in [0.1, 0.15) is 0 Å². The van der Waals surface area contributed by atoms with Crippen LogP contribution in [-0.4, -0.2) is 29.6 Å². The van der Waals surface area contributed by atoms with Crippen molar-refractivity contribution in [2.24, 2.45) is 7.05 Å². The summed E-state index contributed by atoms with van der Waals surface area (Å²) < 4.78 is 2.27. The van der Waals surface area contributed by atoms with Gasteiger partial charge >= 0.3 is 0 Å². The van der Waals surface area contributed by atoms with Crippen molar-refractivity contribution in [2.45, 2.75) is 32.5 Å². The second-order valence-electron chi connectivity index (χ2n) is 5.97. The van der Waals surface area contributed by atoms with Crippen molar-refractivity contribution in [1.82, 2.24) is 14.8 Å². The number of hydrogen-bond acceptors (Lipinski definition) is 2. The Hall–Kier alpha value is -1.32. The molecule has 3 heteroatoms. The maximum Gasteiger partial charge on any atom is 0.0484 e.